The van der Waals surface area contributed by atoms with Crippen molar-refractivity contribution in [2.45, 2.75) is 31.1 Å². The number of hydrogen-bond acceptors (Lipinski definition) is 4. The highest BCUT2D eigenvalue weighted by Crippen LogP contribution is 2.21. The van der Waals surface area contributed by atoms with Gasteiger partial charge in [-0.25, -0.2) is 8.42 Å². The van der Waals surface area contributed by atoms with Gasteiger partial charge < -0.3 is 10.6 Å². The van der Waals surface area contributed by atoms with E-state index >= 15 is 0 Å². The van der Waals surface area contributed by atoms with Crippen molar-refractivity contribution in [2.24, 2.45) is 0 Å². The fourth-order valence-corrected chi connectivity index (χ4v) is 3.96. The first kappa shape index (κ1) is 18.4. The van der Waals surface area contributed by atoms with E-state index in [0.717, 1.165) is 19.3 Å². The molecule has 0 saturated carbocycles. The number of sulfonamides is 1. The monoisotopic (exact) mass is 353 g/mol. The number of carbonyl (C=O) groups is 2. The summed E-state index contributed by atoms with van der Waals surface area (Å²) in [5.74, 6) is -0.662. The summed E-state index contributed by atoms with van der Waals surface area (Å²) in [6, 6.07) is 5.78. The molecule has 0 spiro atoms. The summed E-state index contributed by atoms with van der Waals surface area (Å²) in [4.78, 5) is 23.6. The summed E-state index contributed by atoms with van der Waals surface area (Å²) in [5.41, 5.74) is 0.318. The molecule has 0 aromatic heterocycles. The topological polar surface area (TPSA) is 95.6 Å². The lowest BCUT2D eigenvalue weighted by Gasteiger charge is -2.15. The molecule has 1 saturated heterocycles. The fourth-order valence-electron chi connectivity index (χ4n) is 2.45. The van der Waals surface area contributed by atoms with Gasteiger partial charge in [0.05, 0.1) is 11.4 Å². The standard InChI is InChI=1S/C16H23N3O4S/c1-2-9-17-15(20)12-18-16(21)13-5-7-14(8-6-13)24(22,23)19-10-3-4-11-19/h5-8H,2-4,9-12H2,1H3,(H,17,20)(H,18,21). The molecule has 1 aromatic carbocycles. The first-order valence-corrected chi connectivity index (χ1v) is 9.54. The molecular weight excluding hydrogens is 330 g/mol. The zero-order chi connectivity index (χ0) is 17.6. The number of carbonyl (C=O) groups excluding carboxylic acids is 2. The number of nitrogens with zero attached hydrogens (tertiary/aromatic N) is 1. The smallest absolute Gasteiger partial charge is 0.251 e. The third-order valence-corrected chi connectivity index (χ3v) is 5.71. The quantitative estimate of drug-likeness (QED) is 0.755. The minimum absolute atomic E-state index is 0.105. The maximum Gasteiger partial charge on any atom is 0.251 e. The van der Waals surface area contributed by atoms with E-state index in [2.05, 4.69) is 10.6 Å². The van der Waals surface area contributed by atoms with Gasteiger partial charge in [0, 0.05) is 25.2 Å². The molecule has 2 amide bonds. The van der Waals surface area contributed by atoms with Crippen LogP contribution in [0.2, 0.25) is 0 Å². The van der Waals surface area contributed by atoms with Crippen LogP contribution in [0.4, 0.5) is 0 Å². The zero-order valence-electron chi connectivity index (χ0n) is 13.7. The van der Waals surface area contributed by atoms with Crippen LogP contribution in [-0.2, 0) is 14.8 Å². The third-order valence-electron chi connectivity index (χ3n) is 3.80. The Morgan fingerprint density at radius 1 is 1.08 bits per heavy atom. The SMILES string of the molecule is CCCNC(=O)CNC(=O)c1ccc(S(=O)(=O)N2CCCC2)cc1. The molecule has 2 rings (SSSR count). The van der Waals surface area contributed by atoms with E-state index in [1.54, 1.807) is 0 Å². The molecular formula is C16H23N3O4S. The van der Waals surface area contributed by atoms with Gasteiger partial charge in [-0.05, 0) is 43.5 Å². The molecule has 8 heteroatoms. The summed E-state index contributed by atoms with van der Waals surface area (Å²) < 4.78 is 26.3. The second-order valence-corrected chi connectivity index (χ2v) is 7.61. The van der Waals surface area contributed by atoms with Crippen LogP contribution < -0.4 is 10.6 Å². The average molecular weight is 353 g/mol. The second-order valence-electron chi connectivity index (χ2n) is 5.67. The molecule has 1 aliphatic rings. The molecule has 0 unspecified atom stereocenters. The van der Waals surface area contributed by atoms with Crippen molar-refractivity contribution in [3.63, 3.8) is 0 Å². The van der Waals surface area contributed by atoms with Crippen LogP contribution in [-0.4, -0.2) is 50.7 Å². The van der Waals surface area contributed by atoms with Crippen molar-refractivity contribution in [3.05, 3.63) is 29.8 Å². The number of nitrogens with one attached hydrogen (secondary N) is 2. The molecule has 24 heavy (non-hydrogen) atoms. The Labute approximate surface area is 142 Å². The highest BCUT2D eigenvalue weighted by molar-refractivity contribution is 7.89. The summed E-state index contributed by atoms with van der Waals surface area (Å²) in [7, 11) is -3.48. The van der Waals surface area contributed by atoms with Gasteiger partial charge in [-0.15, -0.1) is 0 Å². The first-order chi connectivity index (χ1) is 11.4. The Morgan fingerprint density at radius 3 is 2.29 bits per heavy atom. The van der Waals surface area contributed by atoms with Gasteiger partial charge in [0.15, 0.2) is 0 Å². The number of rotatable bonds is 7. The van der Waals surface area contributed by atoms with Crippen molar-refractivity contribution in [1.82, 2.24) is 14.9 Å². The lowest BCUT2D eigenvalue weighted by atomic mass is 10.2. The zero-order valence-corrected chi connectivity index (χ0v) is 14.6. The number of amides is 2. The molecule has 0 aliphatic carbocycles. The number of benzene rings is 1. The minimum atomic E-state index is -3.48. The van der Waals surface area contributed by atoms with E-state index in [9.17, 15) is 18.0 Å². The van der Waals surface area contributed by atoms with Crippen LogP contribution >= 0.6 is 0 Å². The van der Waals surface area contributed by atoms with E-state index in [1.807, 2.05) is 6.92 Å². The van der Waals surface area contributed by atoms with E-state index in [1.165, 1.54) is 28.6 Å². The van der Waals surface area contributed by atoms with Crippen LogP contribution in [0, 0.1) is 0 Å². The maximum absolute atomic E-state index is 12.4. The van der Waals surface area contributed by atoms with Crippen LogP contribution in [0.1, 0.15) is 36.5 Å². The van der Waals surface area contributed by atoms with E-state index < -0.39 is 15.9 Å². The predicted molar refractivity (Wildman–Crippen MR) is 90.1 cm³/mol. The first-order valence-electron chi connectivity index (χ1n) is 8.10. The molecule has 1 aromatic rings. The Balaban J connectivity index is 1.96. The molecule has 0 radical (unpaired) electrons. The van der Waals surface area contributed by atoms with Gasteiger partial charge >= 0.3 is 0 Å². The highest BCUT2D eigenvalue weighted by Gasteiger charge is 2.27. The fraction of sp³-hybridized carbons (Fsp3) is 0.500. The molecule has 132 valence electrons. The Kier molecular flexibility index (Phi) is 6.33. The van der Waals surface area contributed by atoms with Gasteiger partial charge in [-0.2, -0.15) is 4.31 Å². The summed E-state index contributed by atoms with van der Waals surface area (Å²) in [5, 5.41) is 5.17. The lowest BCUT2D eigenvalue weighted by molar-refractivity contribution is -0.120. The lowest BCUT2D eigenvalue weighted by Crippen LogP contribution is -2.37. The largest absolute Gasteiger partial charge is 0.355 e. The van der Waals surface area contributed by atoms with Gasteiger partial charge in [0.25, 0.3) is 5.91 Å². The van der Waals surface area contributed by atoms with Gasteiger partial charge in [-0.1, -0.05) is 6.92 Å². The molecule has 2 N–H and O–H groups in total. The Bertz CT molecular complexity index is 680. The van der Waals surface area contributed by atoms with Crippen LogP contribution in [0.25, 0.3) is 0 Å². The average Bonchev–Trinajstić information content (AvgIpc) is 3.13. The van der Waals surface area contributed by atoms with Crippen LogP contribution in [0.15, 0.2) is 29.2 Å². The van der Waals surface area contributed by atoms with Crippen molar-refractivity contribution in [3.8, 4) is 0 Å². The van der Waals surface area contributed by atoms with Crippen molar-refractivity contribution < 1.29 is 18.0 Å². The van der Waals surface area contributed by atoms with Crippen molar-refractivity contribution >= 4 is 21.8 Å². The van der Waals surface area contributed by atoms with E-state index in [4.69, 9.17) is 0 Å². The predicted octanol–water partition coefficient (Wildman–Crippen LogP) is 0.727. The molecule has 1 heterocycles. The van der Waals surface area contributed by atoms with Gasteiger partial charge in [0.2, 0.25) is 15.9 Å². The Morgan fingerprint density at radius 2 is 1.71 bits per heavy atom. The molecule has 0 bridgehead atoms. The molecule has 1 fully saturated rings. The number of hydrogen-bond donors (Lipinski definition) is 2. The molecule has 0 atom stereocenters. The molecule has 1 aliphatic heterocycles. The second kappa shape index (κ2) is 8.25. The van der Waals surface area contributed by atoms with Crippen LogP contribution in [0.5, 0.6) is 0 Å². The van der Waals surface area contributed by atoms with Crippen LogP contribution in [0.3, 0.4) is 0 Å². The van der Waals surface area contributed by atoms with Crippen molar-refractivity contribution in [2.75, 3.05) is 26.2 Å². The third kappa shape index (κ3) is 4.55. The molecule has 7 nitrogen and oxygen atoms in total. The maximum atomic E-state index is 12.4. The van der Waals surface area contributed by atoms with Gasteiger partial charge in [0.1, 0.15) is 0 Å². The van der Waals surface area contributed by atoms with E-state index in [-0.39, 0.29) is 17.3 Å². The summed E-state index contributed by atoms with van der Waals surface area (Å²) >= 11 is 0. The van der Waals surface area contributed by atoms with Gasteiger partial charge in [-0.3, -0.25) is 9.59 Å². The summed E-state index contributed by atoms with van der Waals surface area (Å²) in [6.07, 6.45) is 2.58. The van der Waals surface area contributed by atoms with E-state index in [0.29, 0.717) is 25.2 Å². The summed E-state index contributed by atoms with van der Waals surface area (Å²) in [6.45, 7) is 3.48. The minimum Gasteiger partial charge on any atom is -0.355 e. The Hall–Kier alpha value is -1.93. The normalized spacial score (nSPS) is 15.2. The van der Waals surface area contributed by atoms with Crippen molar-refractivity contribution in [1.29, 1.82) is 0 Å². The highest BCUT2D eigenvalue weighted by atomic mass is 32.2.